The third-order valence-electron chi connectivity index (χ3n) is 3.96. The first-order chi connectivity index (χ1) is 11.4. The molecule has 0 saturated carbocycles. The second-order valence-electron chi connectivity index (χ2n) is 7.41. The van der Waals surface area contributed by atoms with Crippen LogP contribution in [0, 0.1) is 0 Å². The normalized spacial score (nSPS) is 21.4. The number of aliphatic imine (C=N–C) groups is 1. The lowest BCUT2D eigenvalue weighted by atomic mass is 10.1. The van der Waals surface area contributed by atoms with Crippen molar-refractivity contribution in [2.45, 2.75) is 64.7 Å². The van der Waals surface area contributed by atoms with Gasteiger partial charge in [-0.05, 0) is 47.0 Å². The van der Waals surface area contributed by atoms with E-state index in [1.807, 2.05) is 27.7 Å². The Morgan fingerprint density at radius 3 is 2.64 bits per heavy atom. The fraction of sp³-hybridized carbons (Fsp3) is 0.882. The van der Waals surface area contributed by atoms with Gasteiger partial charge in [-0.25, -0.2) is 4.79 Å². The Labute approximate surface area is 168 Å². The largest absolute Gasteiger partial charge is 0.444 e. The summed E-state index contributed by atoms with van der Waals surface area (Å²) >= 11 is 0. The molecule has 7 nitrogen and oxygen atoms in total. The average Bonchev–Trinajstić information content (AvgIpc) is 2.93. The van der Waals surface area contributed by atoms with Gasteiger partial charge in [0.25, 0.3) is 0 Å². The minimum atomic E-state index is -0.450. The topological polar surface area (TPSA) is 75.2 Å². The summed E-state index contributed by atoms with van der Waals surface area (Å²) in [7, 11) is 0. The number of hydrogen-bond donors (Lipinski definition) is 2. The van der Waals surface area contributed by atoms with Crippen LogP contribution in [0.1, 0.15) is 47.0 Å². The number of carbonyl (C=O) groups excluding carboxylic acids is 1. The first kappa shape index (κ1) is 22.3. The van der Waals surface area contributed by atoms with Gasteiger partial charge in [0.05, 0.1) is 12.1 Å². The molecule has 1 unspecified atom stereocenters. The minimum Gasteiger partial charge on any atom is -0.444 e. The van der Waals surface area contributed by atoms with E-state index in [1.54, 1.807) is 4.90 Å². The molecule has 2 heterocycles. The highest BCUT2D eigenvalue weighted by molar-refractivity contribution is 14.0. The molecule has 1 amide bonds. The molecule has 0 spiro atoms. The number of rotatable bonds is 5. The fourth-order valence-electron chi connectivity index (χ4n) is 2.75. The van der Waals surface area contributed by atoms with E-state index in [0.717, 1.165) is 44.9 Å². The standard InChI is InChI=1S/C17H32N4O3.HI/c1-5-18-15(19-9-8-14-7-6-10-23-14)20-13-11-21(12-13)16(22)24-17(2,3)4;/h13-14H,5-12H2,1-4H3,(H2,18,19,20);1H. The van der Waals surface area contributed by atoms with E-state index in [0.29, 0.717) is 19.2 Å². The Morgan fingerprint density at radius 1 is 1.36 bits per heavy atom. The predicted octanol–water partition coefficient (Wildman–Crippen LogP) is 2.35. The number of ether oxygens (including phenoxy) is 2. The van der Waals surface area contributed by atoms with E-state index in [2.05, 4.69) is 15.6 Å². The van der Waals surface area contributed by atoms with Crippen molar-refractivity contribution >= 4 is 36.0 Å². The van der Waals surface area contributed by atoms with Crippen LogP contribution < -0.4 is 10.6 Å². The van der Waals surface area contributed by atoms with Crippen LogP contribution in [0.5, 0.6) is 0 Å². The van der Waals surface area contributed by atoms with Crippen molar-refractivity contribution in [3.8, 4) is 0 Å². The summed E-state index contributed by atoms with van der Waals surface area (Å²) in [6.07, 6.45) is 3.39. The molecule has 2 saturated heterocycles. The summed E-state index contributed by atoms with van der Waals surface area (Å²) in [5.74, 6) is 0.810. The third-order valence-corrected chi connectivity index (χ3v) is 3.96. The SMILES string of the molecule is CCNC(=NCCC1CCCO1)NC1CN(C(=O)OC(C)(C)C)C1.I. The maximum atomic E-state index is 11.9. The first-order valence-corrected chi connectivity index (χ1v) is 9.01. The lowest BCUT2D eigenvalue weighted by Gasteiger charge is -2.40. The molecular weight excluding hydrogens is 435 g/mol. The van der Waals surface area contributed by atoms with Crippen LogP contribution in [0.3, 0.4) is 0 Å². The predicted molar refractivity (Wildman–Crippen MR) is 110 cm³/mol. The van der Waals surface area contributed by atoms with E-state index in [-0.39, 0.29) is 36.1 Å². The third kappa shape index (κ3) is 7.98. The second-order valence-corrected chi connectivity index (χ2v) is 7.41. The Hall–Kier alpha value is -0.770. The van der Waals surface area contributed by atoms with Gasteiger partial charge in [-0.3, -0.25) is 4.99 Å². The molecule has 1 atom stereocenters. The maximum absolute atomic E-state index is 11.9. The summed E-state index contributed by atoms with van der Waals surface area (Å²) in [5.41, 5.74) is -0.450. The molecular formula is C17H33IN4O3. The van der Waals surface area contributed by atoms with E-state index in [1.165, 1.54) is 0 Å². The van der Waals surface area contributed by atoms with Crippen LogP contribution in [0.15, 0.2) is 4.99 Å². The van der Waals surface area contributed by atoms with Crippen molar-refractivity contribution in [2.75, 3.05) is 32.8 Å². The van der Waals surface area contributed by atoms with Crippen molar-refractivity contribution in [3.05, 3.63) is 0 Å². The molecule has 0 radical (unpaired) electrons. The van der Waals surface area contributed by atoms with Crippen molar-refractivity contribution in [1.29, 1.82) is 0 Å². The number of hydrogen-bond acceptors (Lipinski definition) is 4. The van der Waals surface area contributed by atoms with Gasteiger partial charge < -0.3 is 25.0 Å². The highest BCUT2D eigenvalue weighted by Crippen LogP contribution is 2.16. The molecule has 0 bridgehead atoms. The van der Waals surface area contributed by atoms with E-state index in [4.69, 9.17) is 9.47 Å². The molecule has 25 heavy (non-hydrogen) atoms. The lowest BCUT2D eigenvalue weighted by molar-refractivity contribution is 0.00700. The first-order valence-electron chi connectivity index (χ1n) is 9.01. The molecule has 2 rings (SSSR count). The summed E-state index contributed by atoms with van der Waals surface area (Å²) < 4.78 is 11.0. The molecule has 146 valence electrons. The smallest absolute Gasteiger partial charge is 0.410 e. The zero-order valence-corrected chi connectivity index (χ0v) is 18.2. The number of guanidine groups is 1. The number of amides is 1. The van der Waals surface area contributed by atoms with Crippen LogP contribution >= 0.6 is 24.0 Å². The van der Waals surface area contributed by atoms with Gasteiger partial charge in [0.1, 0.15) is 5.60 Å². The fourth-order valence-corrected chi connectivity index (χ4v) is 2.75. The molecule has 2 aliphatic heterocycles. The zero-order chi connectivity index (χ0) is 17.6. The molecule has 0 aromatic rings. The molecule has 2 fully saturated rings. The van der Waals surface area contributed by atoms with E-state index >= 15 is 0 Å². The van der Waals surface area contributed by atoms with Gasteiger partial charge in [-0.2, -0.15) is 0 Å². The van der Waals surface area contributed by atoms with Crippen molar-refractivity contribution in [1.82, 2.24) is 15.5 Å². The monoisotopic (exact) mass is 468 g/mol. The summed E-state index contributed by atoms with van der Waals surface area (Å²) in [6, 6.07) is 0.220. The lowest BCUT2D eigenvalue weighted by Crippen LogP contribution is -2.63. The van der Waals surface area contributed by atoms with Gasteiger partial charge in [0.2, 0.25) is 0 Å². The number of nitrogens with zero attached hydrogens (tertiary/aromatic N) is 2. The summed E-state index contributed by atoms with van der Waals surface area (Å²) in [6.45, 7) is 11.4. The van der Waals surface area contributed by atoms with Crippen molar-refractivity contribution in [3.63, 3.8) is 0 Å². The Kier molecular flexibility index (Phi) is 9.26. The van der Waals surface area contributed by atoms with Gasteiger partial charge in [0.15, 0.2) is 5.96 Å². The molecule has 0 aromatic heterocycles. The quantitative estimate of drug-likeness (QED) is 0.368. The molecule has 0 aromatic carbocycles. The molecule has 2 N–H and O–H groups in total. The molecule has 0 aliphatic carbocycles. The van der Waals surface area contributed by atoms with E-state index in [9.17, 15) is 4.79 Å². The number of halogens is 1. The number of nitrogens with one attached hydrogen (secondary N) is 2. The summed E-state index contributed by atoms with van der Waals surface area (Å²) in [4.78, 5) is 18.2. The minimum absolute atomic E-state index is 0. The second kappa shape index (κ2) is 10.4. The highest BCUT2D eigenvalue weighted by atomic mass is 127. The highest BCUT2D eigenvalue weighted by Gasteiger charge is 2.34. The van der Waals surface area contributed by atoms with Crippen LogP contribution in [0.25, 0.3) is 0 Å². The number of carbonyl (C=O) groups is 1. The van der Waals surface area contributed by atoms with Gasteiger partial charge in [0, 0.05) is 32.8 Å². The zero-order valence-electron chi connectivity index (χ0n) is 15.8. The van der Waals surface area contributed by atoms with Gasteiger partial charge in [-0.15, -0.1) is 24.0 Å². The van der Waals surface area contributed by atoms with Gasteiger partial charge >= 0.3 is 6.09 Å². The summed E-state index contributed by atoms with van der Waals surface area (Å²) in [5, 5.41) is 6.63. The van der Waals surface area contributed by atoms with Crippen molar-refractivity contribution < 1.29 is 14.3 Å². The Bertz CT molecular complexity index is 442. The van der Waals surface area contributed by atoms with Crippen LogP contribution in [-0.2, 0) is 9.47 Å². The molecule has 2 aliphatic rings. The Balaban J connectivity index is 0.00000312. The Morgan fingerprint density at radius 2 is 2.08 bits per heavy atom. The van der Waals surface area contributed by atoms with Crippen LogP contribution in [0.2, 0.25) is 0 Å². The maximum Gasteiger partial charge on any atom is 0.410 e. The molecule has 8 heteroatoms. The van der Waals surface area contributed by atoms with Crippen LogP contribution in [0.4, 0.5) is 4.79 Å². The van der Waals surface area contributed by atoms with Crippen LogP contribution in [-0.4, -0.2) is 67.5 Å². The average molecular weight is 468 g/mol. The van der Waals surface area contributed by atoms with Crippen molar-refractivity contribution in [2.24, 2.45) is 4.99 Å². The van der Waals surface area contributed by atoms with E-state index < -0.39 is 5.60 Å². The van der Waals surface area contributed by atoms with Gasteiger partial charge in [-0.1, -0.05) is 0 Å². The number of likely N-dealkylation sites (tertiary alicyclic amines) is 1.